The first-order valence-electron chi connectivity index (χ1n) is 10.2. The Morgan fingerprint density at radius 3 is 2.06 bits per heavy atom. The highest BCUT2D eigenvalue weighted by molar-refractivity contribution is 6.63. The zero-order valence-corrected chi connectivity index (χ0v) is 18.8. The van der Waals surface area contributed by atoms with Gasteiger partial charge in [-0.3, -0.25) is 19.2 Å². The number of nitrogens with zero attached hydrogens (tertiary/aromatic N) is 1. The maximum absolute atomic E-state index is 15.3. The minimum atomic E-state index is -1.91. The summed E-state index contributed by atoms with van der Waals surface area (Å²) in [6, 6.07) is 2.25. The van der Waals surface area contributed by atoms with Crippen LogP contribution >= 0.6 is 11.6 Å². The van der Waals surface area contributed by atoms with Gasteiger partial charge in [0.1, 0.15) is 0 Å². The van der Waals surface area contributed by atoms with Crippen molar-refractivity contribution in [3.63, 3.8) is 0 Å². The fourth-order valence-corrected chi connectivity index (χ4v) is 3.31. The minimum absolute atomic E-state index is 0.0174. The van der Waals surface area contributed by atoms with Crippen LogP contribution in [0.4, 0.5) is 27.6 Å². The van der Waals surface area contributed by atoms with Gasteiger partial charge in [-0.15, -0.1) is 0 Å². The maximum atomic E-state index is 15.3. The second kappa shape index (κ2) is 11.3. The van der Waals surface area contributed by atoms with Crippen molar-refractivity contribution in [3.8, 4) is 11.5 Å². The molecule has 7 nitrogen and oxygen atoms in total. The molecule has 190 valence electrons. The summed E-state index contributed by atoms with van der Waals surface area (Å²) in [6.45, 7) is -0.213. The molecule has 2 aromatic rings. The number of hydrogen-bond acceptors (Lipinski definition) is 6. The lowest BCUT2D eigenvalue weighted by atomic mass is 10.1. The average Bonchev–Trinajstić information content (AvgIpc) is 3.15. The Bertz CT molecular complexity index is 1240. The number of hydrogen-bond donors (Lipinski definition) is 0. The van der Waals surface area contributed by atoms with Gasteiger partial charge in [-0.2, -0.15) is 8.78 Å². The number of rotatable bonds is 10. The molecule has 3 rings (SSSR count). The SMILES string of the molecule is O=C(Cl)CCCOc1c(CCC(=O)Oc2c(F)c(F)cc(F)c2F)ccc(N2C(=O)C=CC2=O)c1F. The number of carbonyl (C=O) groups excluding carboxylic acids is 4. The molecule has 36 heavy (non-hydrogen) atoms. The highest BCUT2D eigenvalue weighted by atomic mass is 35.5. The van der Waals surface area contributed by atoms with E-state index >= 15 is 4.39 Å². The van der Waals surface area contributed by atoms with Gasteiger partial charge in [0, 0.05) is 24.6 Å². The number of benzene rings is 2. The van der Waals surface area contributed by atoms with E-state index in [0.717, 1.165) is 18.2 Å². The number of ether oxygens (including phenoxy) is 2. The Labute approximate surface area is 205 Å². The molecule has 0 unspecified atom stereocenters. The van der Waals surface area contributed by atoms with E-state index in [0.29, 0.717) is 4.90 Å². The number of esters is 1. The lowest BCUT2D eigenvalue weighted by molar-refractivity contribution is -0.134. The Morgan fingerprint density at radius 1 is 0.861 bits per heavy atom. The second-order valence-corrected chi connectivity index (χ2v) is 7.73. The third-order valence-electron chi connectivity index (χ3n) is 4.86. The highest BCUT2D eigenvalue weighted by Gasteiger charge is 2.30. The summed E-state index contributed by atoms with van der Waals surface area (Å²) < 4.78 is 79.2. The summed E-state index contributed by atoms with van der Waals surface area (Å²) in [5, 5.41) is -0.664. The number of aryl methyl sites for hydroxylation is 1. The average molecular weight is 532 g/mol. The van der Waals surface area contributed by atoms with Crippen molar-refractivity contribution in [2.24, 2.45) is 0 Å². The normalized spacial score (nSPS) is 12.9. The van der Waals surface area contributed by atoms with Gasteiger partial charge in [0.25, 0.3) is 11.8 Å². The van der Waals surface area contributed by atoms with E-state index in [-0.39, 0.29) is 37.5 Å². The fraction of sp³-hybridized carbons (Fsp3) is 0.217. The molecular weight excluding hydrogens is 517 g/mol. The van der Waals surface area contributed by atoms with Gasteiger partial charge >= 0.3 is 5.97 Å². The Hall–Kier alpha value is -3.80. The molecule has 0 bridgehead atoms. The second-order valence-electron chi connectivity index (χ2n) is 7.31. The lowest BCUT2D eigenvalue weighted by Crippen LogP contribution is -2.30. The van der Waals surface area contributed by atoms with E-state index in [1.807, 2.05) is 0 Å². The first-order chi connectivity index (χ1) is 17.0. The van der Waals surface area contributed by atoms with E-state index in [2.05, 4.69) is 4.74 Å². The van der Waals surface area contributed by atoms with Gasteiger partial charge in [0.05, 0.1) is 18.7 Å². The van der Waals surface area contributed by atoms with E-state index < -0.39 is 75.7 Å². The van der Waals surface area contributed by atoms with Crippen LogP contribution < -0.4 is 14.4 Å². The predicted molar refractivity (Wildman–Crippen MR) is 114 cm³/mol. The van der Waals surface area contributed by atoms with E-state index in [1.54, 1.807) is 0 Å². The van der Waals surface area contributed by atoms with Crippen LogP contribution in [0.2, 0.25) is 0 Å². The van der Waals surface area contributed by atoms with Crippen molar-refractivity contribution < 1.29 is 50.6 Å². The van der Waals surface area contributed by atoms with Crippen LogP contribution in [-0.4, -0.2) is 29.6 Å². The molecule has 1 heterocycles. The molecule has 13 heteroatoms. The zero-order valence-electron chi connectivity index (χ0n) is 18.1. The third kappa shape index (κ3) is 5.88. The highest BCUT2D eigenvalue weighted by Crippen LogP contribution is 2.34. The molecule has 1 aliphatic heterocycles. The molecule has 0 saturated heterocycles. The lowest BCUT2D eigenvalue weighted by Gasteiger charge is -2.19. The maximum Gasteiger partial charge on any atom is 0.311 e. The van der Waals surface area contributed by atoms with Crippen LogP contribution in [0.15, 0.2) is 30.4 Å². The number of imide groups is 1. The monoisotopic (exact) mass is 531 g/mol. The number of anilines is 1. The van der Waals surface area contributed by atoms with E-state index in [9.17, 15) is 36.7 Å². The molecule has 0 N–H and O–H groups in total. The molecule has 0 spiro atoms. The number of amides is 2. The van der Waals surface area contributed by atoms with Gasteiger partial charge in [0.15, 0.2) is 23.2 Å². The summed E-state index contributed by atoms with van der Waals surface area (Å²) in [6.07, 6.45) is 0.868. The van der Waals surface area contributed by atoms with Crippen LogP contribution in [-0.2, 0) is 25.6 Å². The molecule has 2 amide bonds. The summed E-state index contributed by atoms with van der Waals surface area (Å²) in [7, 11) is 0. The minimum Gasteiger partial charge on any atom is -0.490 e. The number of carbonyl (C=O) groups is 4. The molecule has 0 atom stereocenters. The van der Waals surface area contributed by atoms with Crippen molar-refractivity contribution in [2.75, 3.05) is 11.5 Å². The Balaban J connectivity index is 1.82. The fourth-order valence-electron chi connectivity index (χ4n) is 3.18. The largest absolute Gasteiger partial charge is 0.490 e. The standard InChI is InChI=1S/C23H15ClF5NO6/c24-15(31)2-1-9-35-22-11(3-5-14(21(22)29)30-16(32)6-7-17(30)33)4-8-18(34)36-23-19(27)12(25)10-13(26)20(23)28/h3,5-7,10H,1-2,4,8-9H2. The van der Waals surface area contributed by atoms with Crippen LogP contribution in [0.3, 0.4) is 0 Å². The van der Waals surface area contributed by atoms with Crippen molar-refractivity contribution in [1.29, 1.82) is 0 Å². The Kier molecular flexibility index (Phi) is 8.41. The third-order valence-corrected chi connectivity index (χ3v) is 5.05. The summed E-state index contributed by atoms with van der Waals surface area (Å²) in [4.78, 5) is 47.5. The van der Waals surface area contributed by atoms with Gasteiger partial charge in [0.2, 0.25) is 22.6 Å². The molecular formula is C23H15ClF5NO6. The molecule has 0 radical (unpaired) electrons. The van der Waals surface area contributed by atoms with Crippen LogP contribution in [0.5, 0.6) is 11.5 Å². The van der Waals surface area contributed by atoms with E-state index in [4.69, 9.17) is 16.3 Å². The van der Waals surface area contributed by atoms with E-state index in [1.165, 1.54) is 6.07 Å². The molecule has 2 aromatic carbocycles. The predicted octanol–water partition coefficient (Wildman–Crippen LogP) is 4.27. The molecule has 0 aliphatic carbocycles. The Morgan fingerprint density at radius 2 is 1.47 bits per heavy atom. The van der Waals surface area contributed by atoms with Gasteiger partial charge < -0.3 is 9.47 Å². The quantitative estimate of drug-likeness (QED) is 0.0865. The van der Waals surface area contributed by atoms with Crippen molar-refractivity contribution in [2.45, 2.75) is 25.7 Å². The van der Waals surface area contributed by atoms with Crippen molar-refractivity contribution >= 4 is 40.3 Å². The molecule has 0 saturated carbocycles. The molecule has 1 aliphatic rings. The zero-order chi connectivity index (χ0) is 26.6. The van der Waals surface area contributed by atoms with Crippen LogP contribution in [0.25, 0.3) is 0 Å². The van der Waals surface area contributed by atoms with Crippen LogP contribution in [0, 0.1) is 29.1 Å². The first-order valence-corrected chi connectivity index (χ1v) is 10.6. The number of halogens is 6. The van der Waals surface area contributed by atoms with Gasteiger partial charge in [-0.05, 0) is 36.1 Å². The van der Waals surface area contributed by atoms with Gasteiger partial charge in [-0.1, -0.05) is 6.07 Å². The molecule has 0 fully saturated rings. The van der Waals surface area contributed by atoms with Crippen molar-refractivity contribution in [1.82, 2.24) is 0 Å². The van der Waals surface area contributed by atoms with Gasteiger partial charge in [-0.25, -0.2) is 18.1 Å². The smallest absolute Gasteiger partial charge is 0.311 e. The summed E-state index contributed by atoms with van der Waals surface area (Å²) in [5.41, 5.74) is -0.423. The molecule has 0 aromatic heterocycles. The summed E-state index contributed by atoms with van der Waals surface area (Å²) >= 11 is 5.25. The topological polar surface area (TPSA) is 90.0 Å². The van der Waals surface area contributed by atoms with Crippen molar-refractivity contribution in [3.05, 3.63) is 65.0 Å². The summed E-state index contributed by atoms with van der Waals surface area (Å²) in [5.74, 6) is -13.5. The first kappa shape index (κ1) is 26.8. The van der Waals surface area contributed by atoms with Crippen LogP contribution in [0.1, 0.15) is 24.8 Å².